The van der Waals surface area contributed by atoms with Gasteiger partial charge in [0.1, 0.15) is 11.3 Å². The van der Waals surface area contributed by atoms with Crippen molar-refractivity contribution in [3.05, 3.63) is 65.2 Å². The number of nitrogens with zero attached hydrogens (tertiary/aromatic N) is 1. The first kappa shape index (κ1) is 23.2. The van der Waals surface area contributed by atoms with E-state index in [-0.39, 0.29) is 17.8 Å². The maximum absolute atomic E-state index is 13.6. The van der Waals surface area contributed by atoms with Crippen molar-refractivity contribution in [2.45, 2.75) is 62.5 Å². The van der Waals surface area contributed by atoms with E-state index in [1.165, 1.54) is 36.1 Å². The molecule has 1 unspecified atom stereocenters. The van der Waals surface area contributed by atoms with Crippen molar-refractivity contribution >= 4 is 5.91 Å². The van der Waals surface area contributed by atoms with Crippen LogP contribution >= 0.6 is 0 Å². The lowest BCUT2D eigenvalue weighted by Crippen LogP contribution is -2.54. The number of carbonyl (C=O) groups excluding carboxylic acids is 1. The highest BCUT2D eigenvalue weighted by Gasteiger charge is 2.50. The average molecular weight is 474 g/mol. The first-order chi connectivity index (χ1) is 16.3. The maximum Gasteiger partial charge on any atom is 0.573 e. The van der Waals surface area contributed by atoms with E-state index in [0.29, 0.717) is 18.9 Å². The number of ether oxygens (including phenoxy) is 1. The van der Waals surface area contributed by atoms with Crippen LogP contribution in [0.1, 0.15) is 48.3 Å². The number of amides is 1. The number of nitrogens with one attached hydrogen (secondary N) is 2. The molecule has 3 fully saturated rings. The van der Waals surface area contributed by atoms with Gasteiger partial charge in [-0.3, -0.25) is 10.1 Å². The average Bonchev–Trinajstić information content (AvgIpc) is 3.62. The Morgan fingerprint density at radius 2 is 1.62 bits per heavy atom. The molecule has 1 saturated carbocycles. The van der Waals surface area contributed by atoms with Crippen molar-refractivity contribution in [1.29, 1.82) is 0 Å². The highest BCUT2D eigenvalue weighted by molar-refractivity contribution is 5.89. The Kier molecular flexibility index (Phi) is 6.29. The van der Waals surface area contributed by atoms with E-state index in [4.69, 9.17) is 0 Å². The molecule has 2 saturated heterocycles. The van der Waals surface area contributed by atoms with E-state index in [1.807, 2.05) is 4.90 Å². The number of carbonyl (C=O) groups is 1. The summed E-state index contributed by atoms with van der Waals surface area (Å²) in [5.74, 6) is 0.602. The molecule has 0 bridgehead atoms. The first-order valence-corrected chi connectivity index (χ1v) is 12.0. The van der Waals surface area contributed by atoms with E-state index in [1.54, 1.807) is 12.1 Å². The lowest BCUT2D eigenvalue weighted by molar-refractivity contribution is -0.274. The predicted molar refractivity (Wildman–Crippen MR) is 122 cm³/mol. The molecule has 8 heteroatoms. The van der Waals surface area contributed by atoms with Crippen molar-refractivity contribution in [3.8, 4) is 5.75 Å². The zero-order chi connectivity index (χ0) is 23.8. The van der Waals surface area contributed by atoms with Gasteiger partial charge in [0.25, 0.3) is 0 Å². The van der Waals surface area contributed by atoms with Crippen LogP contribution in [-0.2, 0) is 17.6 Å². The molecular formula is C26H30F3N3O2. The van der Waals surface area contributed by atoms with E-state index in [9.17, 15) is 18.0 Å². The molecule has 2 heterocycles. The molecule has 2 N–H and O–H groups in total. The summed E-state index contributed by atoms with van der Waals surface area (Å²) in [5.41, 5.74) is 2.91. The fourth-order valence-electron chi connectivity index (χ4n) is 5.18. The molecule has 5 rings (SSSR count). The van der Waals surface area contributed by atoms with E-state index in [2.05, 4.69) is 39.6 Å². The molecule has 5 nitrogen and oxygen atoms in total. The number of hydrogen-bond donors (Lipinski definition) is 2. The Bertz CT molecular complexity index is 997. The van der Waals surface area contributed by atoms with Gasteiger partial charge >= 0.3 is 6.36 Å². The molecule has 0 aromatic heterocycles. The number of benzene rings is 2. The van der Waals surface area contributed by atoms with Crippen LogP contribution in [0.3, 0.4) is 0 Å². The predicted octanol–water partition coefficient (Wildman–Crippen LogP) is 4.13. The van der Waals surface area contributed by atoms with Gasteiger partial charge in [-0.25, -0.2) is 0 Å². The van der Waals surface area contributed by atoms with Crippen molar-refractivity contribution < 1.29 is 22.7 Å². The number of halogens is 3. The van der Waals surface area contributed by atoms with Gasteiger partial charge in [-0.05, 0) is 79.9 Å². The molecule has 3 aliphatic rings. The smallest absolute Gasteiger partial charge is 0.406 e. The van der Waals surface area contributed by atoms with Crippen LogP contribution in [0.15, 0.2) is 48.5 Å². The highest BCUT2D eigenvalue weighted by Crippen LogP contribution is 2.40. The van der Waals surface area contributed by atoms with Gasteiger partial charge in [0.2, 0.25) is 5.91 Å². The summed E-state index contributed by atoms with van der Waals surface area (Å²) < 4.78 is 41.2. The van der Waals surface area contributed by atoms with Crippen LogP contribution < -0.4 is 15.4 Å². The highest BCUT2D eigenvalue weighted by atomic mass is 19.4. The van der Waals surface area contributed by atoms with Crippen molar-refractivity contribution in [1.82, 2.24) is 15.5 Å². The van der Waals surface area contributed by atoms with Gasteiger partial charge in [-0.2, -0.15) is 0 Å². The van der Waals surface area contributed by atoms with Crippen molar-refractivity contribution in [2.75, 3.05) is 19.6 Å². The fraction of sp³-hybridized carbons (Fsp3) is 0.500. The Morgan fingerprint density at radius 1 is 0.971 bits per heavy atom. The van der Waals surface area contributed by atoms with Crippen LogP contribution in [0, 0.1) is 0 Å². The number of alkyl halides is 3. The van der Waals surface area contributed by atoms with Crippen LogP contribution in [0.25, 0.3) is 0 Å². The van der Waals surface area contributed by atoms with Crippen molar-refractivity contribution in [2.24, 2.45) is 0 Å². The normalized spacial score (nSPS) is 22.4. The van der Waals surface area contributed by atoms with Gasteiger partial charge in [0, 0.05) is 13.0 Å². The van der Waals surface area contributed by atoms with E-state index < -0.39 is 11.9 Å². The second-order valence-corrected chi connectivity index (χ2v) is 9.65. The zero-order valence-electron chi connectivity index (χ0n) is 19.0. The lowest BCUT2D eigenvalue weighted by atomic mass is 9.88. The number of rotatable bonds is 7. The monoisotopic (exact) mass is 473 g/mol. The summed E-state index contributed by atoms with van der Waals surface area (Å²) in [7, 11) is 0. The number of piperidine rings is 1. The van der Waals surface area contributed by atoms with Crippen LogP contribution in [0.2, 0.25) is 0 Å². The standard InChI is InChI=1S/C26H30F3N3O2/c27-26(28,29)34-22-9-3-18(4-10-22)11-16-32-23(31-25(24(32)33)12-14-30-15-13-25)17-19-1-5-20(6-2-19)21-7-8-21/h1-6,9-10,21,23,30-31H,7-8,11-17H2. The SMILES string of the molecule is O=C1N(CCc2ccc(OC(F)(F)F)cc2)C(Cc2ccc(C3CC3)cc2)NC12CCNCC2. The minimum Gasteiger partial charge on any atom is -0.406 e. The first-order valence-electron chi connectivity index (χ1n) is 12.0. The molecule has 2 aromatic rings. The molecule has 0 radical (unpaired) electrons. The second kappa shape index (κ2) is 9.23. The minimum absolute atomic E-state index is 0.106. The summed E-state index contributed by atoms with van der Waals surface area (Å²) in [6, 6.07) is 14.6. The Hall–Kier alpha value is -2.58. The zero-order valence-corrected chi connectivity index (χ0v) is 19.0. The van der Waals surface area contributed by atoms with Gasteiger partial charge in [-0.1, -0.05) is 36.4 Å². The second-order valence-electron chi connectivity index (χ2n) is 9.65. The third kappa shape index (κ3) is 5.23. The van der Waals surface area contributed by atoms with E-state index in [0.717, 1.165) is 37.9 Å². The van der Waals surface area contributed by atoms with Gasteiger partial charge in [-0.15, -0.1) is 13.2 Å². The Balaban J connectivity index is 1.28. The summed E-state index contributed by atoms with van der Waals surface area (Å²) >= 11 is 0. The van der Waals surface area contributed by atoms with Gasteiger partial charge in [0.05, 0.1) is 6.17 Å². The Morgan fingerprint density at radius 3 is 2.24 bits per heavy atom. The van der Waals surface area contributed by atoms with Gasteiger partial charge < -0.3 is 15.0 Å². The minimum atomic E-state index is -4.71. The van der Waals surface area contributed by atoms with Gasteiger partial charge in [0.15, 0.2) is 0 Å². The molecule has 34 heavy (non-hydrogen) atoms. The third-order valence-corrected chi connectivity index (χ3v) is 7.20. The number of hydrogen-bond acceptors (Lipinski definition) is 4. The summed E-state index contributed by atoms with van der Waals surface area (Å²) in [4.78, 5) is 15.5. The molecule has 1 atom stereocenters. The summed E-state index contributed by atoms with van der Waals surface area (Å²) in [6.45, 7) is 2.11. The van der Waals surface area contributed by atoms with Crippen LogP contribution in [0.4, 0.5) is 13.2 Å². The fourth-order valence-corrected chi connectivity index (χ4v) is 5.18. The third-order valence-electron chi connectivity index (χ3n) is 7.20. The quantitative estimate of drug-likeness (QED) is 0.635. The summed E-state index contributed by atoms with van der Waals surface area (Å²) in [6.07, 6.45) is 0.520. The maximum atomic E-state index is 13.6. The Labute approximate surface area is 197 Å². The molecule has 1 spiro atoms. The van der Waals surface area contributed by atoms with Crippen molar-refractivity contribution in [3.63, 3.8) is 0 Å². The molecular weight excluding hydrogens is 443 g/mol. The topological polar surface area (TPSA) is 53.6 Å². The molecule has 1 amide bonds. The molecule has 2 aromatic carbocycles. The molecule has 1 aliphatic carbocycles. The molecule has 2 aliphatic heterocycles. The largest absolute Gasteiger partial charge is 0.573 e. The lowest BCUT2D eigenvalue weighted by Gasteiger charge is -2.32. The van der Waals surface area contributed by atoms with Crippen LogP contribution in [-0.4, -0.2) is 48.5 Å². The van der Waals surface area contributed by atoms with Crippen LogP contribution in [0.5, 0.6) is 5.75 Å². The molecule has 182 valence electrons. The summed E-state index contributed by atoms with van der Waals surface area (Å²) in [5, 5.41) is 7.00. The van der Waals surface area contributed by atoms with E-state index >= 15 is 0 Å².